The van der Waals surface area contributed by atoms with Crippen molar-refractivity contribution in [3.05, 3.63) is 33.7 Å². The number of nitrogens with zero attached hydrogens (tertiary/aromatic N) is 1. The number of hydrogen-bond acceptors (Lipinski definition) is 3. The molecule has 0 bridgehead atoms. The van der Waals surface area contributed by atoms with E-state index in [9.17, 15) is 14.4 Å². The van der Waals surface area contributed by atoms with Gasteiger partial charge in [-0.2, -0.15) is 0 Å². The van der Waals surface area contributed by atoms with Gasteiger partial charge in [0.25, 0.3) is 0 Å². The highest BCUT2D eigenvalue weighted by Crippen LogP contribution is 2.07. The Kier molecular flexibility index (Phi) is 4.70. The Balaban J connectivity index is 2.98. The van der Waals surface area contributed by atoms with Crippen LogP contribution in [-0.2, 0) is 11.3 Å². The molecule has 0 aliphatic rings. The second-order valence-corrected chi connectivity index (χ2v) is 5.41. The lowest BCUT2D eigenvalue weighted by atomic mass is 10.0. The van der Waals surface area contributed by atoms with Crippen LogP contribution in [0.3, 0.4) is 0 Å². The molecule has 1 heterocycles. The molecule has 0 fully saturated rings. The number of rotatable bonds is 5. The number of carbonyl (C=O) groups is 2. The molecular formula is C14H20N2O4. The predicted molar refractivity (Wildman–Crippen MR) is 74.9 cm³/mol. The van der Waals surface area contributed by atoms with Gasteiger partial charge in [-0.1, -0.05) is 6.92 Å². The van der Waals surface area contributed by atoms with Crippen LogP contribution in [0.5, 0.6) is 0 Å². The predicted octanol–water partition coefficient (Wildman–Crippen LogP) is 1.16. The zero-order valence-corrected chi connectivity index (χ0v) is 12.2. The lowest BCUT2D eigenvalue weighted by Gasteiger charge is -2.25. The Hall–Kier alpha value is -2.11. The molecule has 0 saturated heterocycles. The molecule has 6 heteroatoms. The zero-order valence-electron chi connectivity index (χ0n) is 12.2. The highest BCUT2D eigenvalue weighted by Gasteiger charge is 2.18. The molecule has 0 unspecified atom stereocenters. The van der Waals surface area contributed by atoms with E-state index in [1.165, 1.54) is 16.8 Å². The van der Waals surface area contributed by atoms with Crippen LogP contribution < -0.4 is 10.7 Å². The van der Waals surface area contributed by atoms with Crippen LogP contribution in [0.2, 0.25) is 0 Å². The summed E-state index contributed by atoms with van der Waals surface area (Å²) in [6, 6.07) is 1.22. The summed E-state index contributed by atoms with van der Waals surface area (Å²) < 4.78 is 1.46. The van der Waals surface area contributed by atoms with E-state index in [-0.39, 0.29) is 23.6 Å². The summed E-state index contributed by atoms with van der Waals surface area (Å²) in [6.45, 7) is 7.42. The normalized spacial score (nSPS) is 11.2. The second-order valence-electron chi connectivity index (χ2n) is 5.41. The van der Waals surface area contributed by atoms with Crippen LogP contribution in [-0.4, -0.2) is 27.1 Å². The third-order valence-corrected chi connectivity index (χ3v) is 3.25. The number of hydrogen-bond donors (Lipinski definition) is 2. The number of carbonyl (C=O) groups excluding carboxylic acids is 1. The van der Waals surface area contributed by atoms with E-state index >= 15 is 0 Å². The summed E-state index contributed by atoms with van der Waals surface area (Å²) in [6.07, 6.45) is 1.99. The Morgan fingerprint density at radius 3 is 2.50 bits per heavy atom. The molecule has 1 rings (SSSR count). The number of amides is 1. The number of aromatic nitrogens is 1. The van der Waals surface area contributed by atoms with Crippen molar-refractivity contribution in [1.29, 1.82) is 0 Å². The number of carboxylic acid groups (broad SMARTS) is 1. The van der Waals surface area contributed by atoms with Gasteiger partial charge in [-0.15, -0.1) is 0 Å². The Morgan fingerprint density at radius 2 is 2.00 bits per heavy atom. The van der Waals surface area contributed by atoms with Gasteiger partial charge < -0.3 is 15.0 Å². The van der Waals surface area contributed by atoms with Crippen molar-refractivity contribution in [2.45, 2.75) is 46.2 Å². The van der Waals surface area contributed by atoms with Gasteiger partial charge in [0, 0.05) is 23.5 Å². The second kappa shape index (κ2) is 5.90. The fourth-order valence-corrected chi connectivity index (χ4v) is 1.66. The first kappa shape index (κ1) is 15.9. The molecule has 1 aromatic rings. The van der Waals surface area contributed by atoms with Crippen molar-refractivity contribution < 1.29 is 14.7 Å². The molecule has 110 valence electrons. The minimum atomic E-state index is -1.29. The van der Waals surface area contributed by atoms with Crippen LogP contribution >= 0.6 is 0 Å². The molecule has 1 aromatic heterocycles. The van der Waals surface area contributed by atoms with Crippen molar-refractivity contribution in [3.8, 4) is 0 Å². The summed E-state index contributed by atoms with van der Waals surface area (Å²) in [5.41, 5.74) is -0.664. The molecule has 2 N–H and O–H groups in total. The third-order valence-electron chi connectivity index (χ3n) is 3.25. The Bertz CT molecular complexity index is 587. The summed E-state index contributed by atoms with van der Waals surface area (Å²) in [7, 11) is 0. The van der Waals surface area contributed by atoms with E-state index in [0.717, 1.165) is 6.42 Å². The summed E-state index contributed by atoms with van der Waals surface area (Å²) in [5, 5.41) is 11.8. The fourth-order valence-electron chi connectivity index (χ4n) is 1.66. The smallest absolute Gasteiger partial charge is 0.341 e. The third kappa shape index (κ3) is 3.94. The lowest BCUT2D eigenvalue weighted by molar-refractivity contribution is -0.123. The maximum Gasteiger partial charge on any atom is 0.341 e. The van der Waals surface area contributed by atoms with E-state index < -0.39 is 11.4 Å². The average Bonchev–Trinajstić information content (AvgIpc) is 2.31. The molecule has 20 heavy (non-hydrogen) atoms. The van der Waals surface area contributed by atoms with Gasteiger partial charge in [0.05, 0.1) is 0 Å². The highest BCUT2D eigenvalue weighted by atomic mass is 16.4. The highest BCUT2D eigenvalue weighted by molar-refractivity contribution is 5.87. The van der Waals surface area contributed by atoms with Gasteiger partial charge in [0.15, 0.2) is 5.43 Å². The minimum absolute atomic E-state index is 0.0180. The van der Waals surface area contributed by atoms with Crippen molar-refractivity contribution in [3.63, 3.8) is 0 Å². The summed E-state index contributed by atoms with van der Waals surface area (Å²) in [5.74, 6) is -1.52. The number of nitrogens with one attached hydrogen (secondary N) is 1. The first-order valence-electron chi connectivity index (χ1n) is 6.41. The molecule has 0 aliphatic heterocycles. The molecule has 0 aliphatic carbocycles. The molecule has 0 spiro atoms. The molecule has 0 saturated carbocycles. The average molecular weight is 280 g/mol. The van der Waals surface area contributed by atoms with Crippen LogP contribution in [0.4, 0.5) is 0 Å². The van der Waals surface area contributed by atoms with E-state index in [4.69, 9.17) is 5.11 Å². The van der Waals surface area contributed by atoms with E-state index in [2.05, 4.69) is 5.32 Å². The van der Waals surface area contributed by atoms with Gasteiger partial charge in [0.1, 0.15) is 12.1 Å². The van der Waals surface area contributed by atoms with E-state index in [1.54, 1.807) is 6.92 Å². The number of pyridine rings is 1. The molecule has 0 atom stereocenters. The summed E-state index contributed by atoms with van der Waals surface area (Å²) in [4.78, 5) is 34.4. The Labute approximate surface area is 117 Å². The van der Waals surface area contributed by atoms with Crippen molar-refractivity contribution in [2.75, 3.05) is 0 Å². The first-order chi connectivity index (χ1) is 9.16. The van der Waals surface area contributed by atoms with Crippen LogP contribution in [0.1, 0.15) is 43.2 Å². The SMILES string of the molecule is CCC(C)(C)NC(=O)Cn1cc(C(=O)O)c(=O)cc1C. The van der Waals surface area contributed by atoms with Crippen molar-refractivity contribution in [2.24, 2.45) is 0 Å². The largest absolute Gasteiger partial charge is 0.477 e. The van der Waals surface area contributed by atoms with Crippen molar-refractivity contribution in [1.82, 2.24) is 9.88 Å². The van der Waals surface area contributed by atoms with Gasteiger partial charge >= 0.3 is 5.97 Å². The standard InChI is InChI=1S/C14H20N2O4/c1-5-14(3,4)15-12(18)8-16-7-10(13(19)20)11(17)6-9(16)2/h6-7H,5,8H2,1-4H3,(H,15,18)(H,19,20). The van der Waals surface area contributed by atoms with Crippen molar-refractivity contribution >= 4 is 11.9 Å². The monoisotopic (exact) mass is 280 g/mol. The minimum Gasteiger partial charge on any atom is -0.477 e. The Morgan fingerprint density at radius 1 is 1.40 bits per heavy atom. The van der Waals surface area contributed by atoms with Gasteiger partial charge in [-0.3, -0.25) is 9.59 Å². The maximum atomic E-state index is 11.9. The number of aromatic carboxylic acids is 1. The molecular weight excluding hydrogens is 260 g/mol. The van der Waals surface area contributed by atoms with E-state index in [1.807, 2.05) is 20.8 Å². The molecule has 1 amide bonds. The zero-order chi connectivity index (χ0) is 15.5. The topological polar surface area (TPSA) is 88.4 Å². The molecule has 0 aromatic carbocycles. The van der Waals surface area contributed by atoms with Gasteiger partial charge in [-0.05, 0) is 27.2 Å². The maximum absolute atomic E-state index is 11.9. The quantitative estimate of drug-likeness (QED) is 0.847. The number of aryl methyl sites for hydroxylation is 1. The molecule has 6 nitrogen and oxygen atoms in total. The van der Waals surface area contributed by atoms with E-state index in [0.29, 0.717) is 5.69 Å². The van der Waals surface area contributed by atoms with Crippen LogP contribution in [0, 0.1) is 6.92 Å². The summed E-state index contributed by atoms with van der Waals surface area (Å²) >= 11 is 0. The van der Waals surface area contributed by atoms with Crippen LogP contribution in [0.15, 0.2) is 17.1 Å². The van der Waals surface area contributed by atoms with Gasteiger partial charge in [-0.25, -0.2) is 4.79 Å². The van der Waals surface area contributed by atoms with Crippen LogP contribution in [0.25, 0.3) is 0 Å². The molecule has 0 radical (unpaired) electrons. The van der Waals surface area contributed by atoms with Gasteiger partial charge in [0.2, 0.25) is 5.91 Å². The lowest BCUT2D eigenvalue weighted by Crippen LogP contribution is -2.44. The number of carboxylic acids is 1. The first-order valence-corrected chi connectivity index (χ1v) is 6.41. The fraction of sp³-hybridized carbons (Fsp3) is 0.500.